The highest BCUT2D eigenvalue weighted by Crippen LogP contribution is 2.24. The Morgan fingerprint density at radius 1 is 1.07 bits per heavy atom. The number of ketones is 1. The normalized spacial score (nSPS) is 13.7. The number of carbonyl (C=O) groups excluding carboxylic acids is 3. The van der Waals surface area contributed by atoms with E-state index in [0.29, 0.717) is 24.1 Å². The lowest BCUT2D eigenvalue weighted by Gasteiger charge is -2.16. The number of hydrogen-bond acceptors (Lipinski definition) is 4. The van der Waals surface area contributed by atoms with Gasteiger partial charge in [0, 0.05) is 25.1 Å². The van der Waals surface area contributed by atoms with Crippen LogP contribution in [0.1, 0.15) is 68.3 Å². The van der Waals surface area contributed by atoms with E-state index >= 15 is 0 Å². The van der Waals surface area contributed by atoms with Crippen LogP contribution in [0.5, 0.6) is 0 Å². The largest absolute Gasteiger partial charge is 0.457 e. The molecule has 1 aliphatic heterocycles. The van der Waals surface area contributed by atoms with E-state index < -0.39 is 5.97 Å². The molecule has 3 rings (SSSR count). The monoisotopic (exact) mass is 393 g/mol. The van der Waals surface area contributed by atoms with E-state index in [9.17, 15) is 14.4 Å². The van der Waals surface area contributed by atoms with Crippen molar-refractivity contribution in [2.75, 3.05) is 6.54 Å². The van der Waals surface area contributed by atoms with Gasteiger partial charge in [0.05, 0.1) is 5.56 Å². The Morgan fingerprint density at radius 3 is 2.34 bits per heavy atom. The van der Waals surface area contributed by atoms with Crippen molar-refractivity contribution in [2.45, 2.75) is 53.7 Å². The molecule has 152 valence electrons. The van der Waals surface area contributed by atoms with Crippen LogP contribution in [-0.2, 0) is 22.7 Å². The Labute approximate surface area is 171 Å². The molecular weight excluding hydrogens is 366 g/mol. The molecule has 5 heteroatoms. The number of Topliss-reactive ketones (excluding diaryl/α,β-unsaturated/α-hetero) is 1. The van der Waals surface area contributed by atoms with Crippen LogP contribution in [0.4, 0.5) is 0 Å². The summed E-state index contributed by atoms with van der Waals surface area (Å²) in [4.78, 5) is 38.0. The first-order valence-electron chi connectivity index (χ1n) is 9.92. The highest BCUT2D eigenvalue weighted by atomic mass is 16.5. The number of ether oxygens (including phenoxy) is 1. The Bertz CT molecular complexity index is 960. The van der Waals surface area contributed by atoms with Crippen molar-refractivity contribution in [3.63, 3.8) is 0 Å². The first-order valence-corrected chi connectivity index (χ1v) is 9.92. The van der Waals surface area contributed by atoms with E-state index in [1.54, 1.807) is 19.1 Å². The number of esters is 1. The summed E-state index contributed by atoms with van der Waals surface area (Å²) in [6.07, 6.45) is 1.53. The maximum absolute atomic E-state index is 12.5. The number of aryl methyl sites for hydroxylation is 2. The van der Waals surface area contributed by atoms with Gasteiger partial charge in [-0.15, -0.1) is 0 Å². The van der Waals surface area contributed by atoms with Gasteiger partial charge in [-0.3, -0.25) is 9.59 Å². The van der Waals surface area contributed by atoms with E-state index in [1.807, 2.05) is 43.9 Å². The maximum atomic E-state index is 12.5. The minimum Gasteiger partial charge on any atom is -0.457 e. The average molecular weight is 393 g/mol. The molecule has 1 aliphatic rings. The molecule has 1 saturated heterocycles. The fourth-order valence-electron chi connectivity index (χ4n) is 4.05. The molecule has 2 aromatic carbocycles. The predicted molar refractivity (Wildman–Crippen MR) is 111 cm³/mol. The number of likely N-dealkylation sites (tertiary alicyclic amines) is 1. The zero-order chi connectivity index (χ0) is 21.1. The number of hydrogen-bond donors (Lipinski definition) is 0. The molecule has 0 unspecified atom stereocenters. The number of rotatable bonds is 6. The lowest BCUT2D eigenvalue weighted by atomic mass is 9.92. The Kier molecular flexibility index (Phi) is 6.16. The van der Waals surface area contributed by atoms with E-state index in [2.05, 4.69) is 0 Å². The van der Waals surface area contributed by atoms with Gasteiger partial charge in [0.15, 0.2) is 5.78 Å². The van der Waals surface area contributed by atoms with Crippen LogP contribution in [0.2, 0.25) is 0 Å². The zero-order valence-corrected chi connectivity index (χ0v) is 17.5. The second-order valence-corrected chi connectivity index (χ2v) is 7.74. The number of benzene rings is 2. The van der Waals surface area contributed by atoms with Gasteiger partial charge in [0.25, 0.3) is 0 Å². The highest BCUT2D eigenvalue weighted by molar-refractivity contribution is 5.97. The van der Waals surface area contributed by atoms with Gasteiger partial charge in [0.2, 0.25) is 5.91 Å². The van der Waals surface area contributed by atoms with Gasteiger partial charge >= 0.3 is 5.97 Å². The molecule has 1 heterocycles. The molecule has 0 spiro atoms. The van der Waals surface area contributed by atoms with E-state index in [0.717, 1.165) is 40.8 Å². The summed E-state index contributed by atoms with van der Waals surface area (Å²) >= 11 is 0. The summed E-state index contributed by atoms with van der Waals surface area (Å²) in [7, 11) is 0. The predicted octanol–water partition coefficient (Wildman–Crippen LogP) is 4.29. The van der Waals surface area contributed by atoms with Crippen LogP contribution < -0.4 is 0 Å². The van der Waals surface area contributed by atoms with Crippen molar-refractivity contribution >= 4 is 17.7 Å². The van der Waals surface area contributed by atoms with Crippen molar-refractivity contribution in [3.05, 3.63) is 69.3 Å². The van der Waals surface area contributed by atoms with Gasteiger partial charge in [-0.25, -0.2) is 4.79 Å². The topological polar surface area (TPSA) is 63.7 Å². The molecular formula is C24H27NO4. The van der Waals surface area contributed by atoms with Gasteiger partial charge in [-0.05, 0) is 74.1 Å². The van der Waals surface area contributed by atoms with Crippen LogP contribution in [-0.4, -0.2) is 29.1 Å². The lowest BCUT2D eigenvalue weighted by molar-refractivity contribution is -0.128. The van der Waals surface area contributed by atoms with Gasteiger partial charge in [-0.1, -0.05) is 18.2 Å². The van der Waals surface area contributed by atoms with Crippen LogP contribution in [0.3, 0.4) is 0 Å². The molecule has 1 fully saturated rings. The second-order valence-electron chi connectivity index (χ2n) is 7.74. The summed E-state index contributed by atoms with van der Waals surface area (Å²) < 4.78 is 5.53. The molecule has 2 aromatic rings. The molecule has 0 aromatic heterocycles. The first-order chi connectivity index (χ1) is 13.8. The molecule has 29 heavy (non-hydrogen) atoms. The number of amides is 1. The van der Waals surface area contributed by atoms with Crippen LogP contribution >= 0.6 is 0 Å². The quantitative estimate of drug-likeness (QED) is 0.542. The molecule has 5 nitrogen and oxygen atoms in total. The smallest absolute Gasteiger partial charge is 0.338 e. The summed E-state index contributed by atoms with van der Waals surface area (Å²) in [6, 6.07) is 9.14. The molecule has 0 saturated carbocycles. The van der Waals surface area contributed by atoms with Crippen molar-refractivity contribution in [2.24, 2.45) is 0 Å². The van der Waals surface area contributed by atoms with E-state index in [1.165, 1.54) is 0 Å². The lowest BCUT2D eigenvalue weighted by Crippen LogP contribution is -2.23. The maximum Gasteiger partial charge on any atom is 0.338 e. The average Bonchev–Trinajstić information content (AvgIpc) is 3.06. The van der Waals surface area contributed by atoms with Crippen LogP contribution in [0.25, 0.3) is 0 Å². The van der Waals surface area contributed by atoms with Crippen LogP contribution in [0.15, 0.2) is 30.3 Å². The van der Waals surface area contributed by atoms with E-state index in [-0.39, 0.29) is 18.3 Å². The second kappa shape index (κ2) is 8.60. The van der Waals surface area contributed by atoms with Crippen LogP contribution in [0, 0.1) is 20.8 Å². The first kappa shape index (κ1) is 20.8. The summed E-state index contributed by atoms with van der Waals surface area (Å²) in [5.41, 5.74) is 5.84. The molecule has 0 atom stereocenters. The van der Waals surface area contributed by atoms with Gasteiger partial charge in [0.1, 0.15) is 6.61 Å². The fraction of sp³-hybridized carbons (Fsp3) is 0.375. The van der Waals surface area contributed by atoms with Gasteiger partial charge in [-0.2, -0.15) is 0 Å². The number of carbonyl (C=O) groups is 3. The SMILES string of the molecule is CC(=O)c1c(C)cc(C)c(COC(=O)c2ccc(CN3CCCC3=O)cc2)c1C. The number of nitrogens with zero attached hydrogens (tertiary/aromatic N) is 1. The Hall–Kier alpha value is -2.95. The minimum absolute atomic E-state index is 0.0136. The fourth-order valence-corrected chi connectivity index (χ4v) is 4.05. The van der Waals surface area contributed by atoms with Crippen molar-refractivity contribution in [3.8, 4) is 0 Å². The van der Waals surface area contributed by atoms with Gasteiger partial charge < -0.3 is 9.64 Å². The molecule has 0 aliphatic carbocycles. The van der Waals surface area contributed by atoms with Crippen molar-refractivity contribution in [1.29, 1.82) is 0 Å². The third-order valence-corrected chi connectivity index (χ3v) is 5.57. The molecule has 0 N–H and O–H groups in total. The standard InChI is InChI=1S/C24H27NO4/c1-15-12-16(2)23(18(4)26)17(3)21(15)14-29-24(28)20-9-7-19(8-10-20)13-25-11-5-6-22(25)27/h7-10,12H,5-6,11,13-14H2,1-4H3. The minimum atomic E-state index is -0.405. The Balaban J connectivity index is 1.67. The third kappa shape index (κ3) is 4.56. The molecule has 0 bridgehead atoms. The zero-order valence-electron chi connectivity index (χ0n) is 17.5. The summed E-state index contributed by atoms with van der Waals surface area (Å²) in [6.45, 7) is 8.82. The third-order valence-electron chi connectivity index (χ3n) is 5.57. The van der Waals surface area contributed by atoms with Crippen molar-refractivity contribution in [1.82, 2.24) is 4.90 Å². The summed E-state index contributed by atoms with van der Waals surface area (Å²) in [5.74, 6) is -0.209. The van der Waals surface area contributed by atoms with E-state index in [4.69, 9.17) is 4.74 Å². The summed E-state index contributed by atoms with van der Waals surface area (Å²) in [5, 5.41) is 0. The molecule has 0 radical (unpaired) electrons. The van der Waals surface area contributed by atoms with Crippen molar-refractivity contribution < 1.29 is 19.1 Å². The Morgan fingerprint density at radius 2 is 1.76 bits per heavy atom. The molecule has 1 amide bonds. The highest BCUT2D eigenvalue weighted by Gasteiger charge is 2.20.